The van der Waals surface area contributed by atoms with Crippen LogP contribution >= 0.6 is 11.6 Å². The molecule has 0 saturated heterocycles. The molecule has 1 unspecified atom stereocenters. The third kappa shape index (κ3) is 2.16. The first kappa shape index (κ1) is 14.0. The largest absolute Gasteiger partial charge is 0.384 e. The van der Waals surface area contributed by atoms with Crippen LogP contribution in [0, 0.1) is 11.3 Å². The van der Waals surface area contributed by atoms with Crippen molar-refractivity contribution in [2.45, 2.75) is 5.92 Å². The number of aromatic amines is 1. The van der Waals surface area contributed by atoms with E-state index >= 15 is 0 Å². The highest BCUT2D eigenvalue weighted by Gasteiger charge is 2.32. The molecule has 6 N–H and O–H groups in total. The number of halogens is 1. The normalized spacial score (nSPS) is 16.6. The molecule has 1 aromatic carbocycles. The number of hydrogen-bond donors (Lipinski definition) is 4. The maximum absolute atomic E-state index is 12.3. The lowest BCUT2D eigenvalue weighted by Crippen LogP contribution is -2.30. The number of aromatic nitrogens is 2. The van der Waals surface area contributed by atoms with Gasteiger partial charge in [0.2, 0.25) is 5.95 Å². The van der Waals surface area contributed by atoms with Crippen LogP contribution in [0.2, 0.25) is 5.02 Å². The third-order valence-electron chi connectivity index (χ3n) is 3.40. The SMILES string of the molecule is N#CC1=C(N)Nc2nc(N)[nH]c(=O)c2C1c1cccc(Cl)c1. The van der Waals surface area contributed by atoms with Gasteiger partial charge in [0.25, 0.3) is 5.56 Å². The van der Waals surface area contributed by atoms with Crippen LogP contribution in [0.3, 0.4) is 0 Å². The molecule has 1 aromatic heterocycles. The van der Waals surface area contributed by atoms with Crippen LogP contribution in [-0.2, 0) is 0 Å². The number of rotatable bonds is 1. The van der Waals surface area contributed by atoms with Gasteiger partial charge in [0, 0.05) is 5.02 Å². The summed E-state index contributed by atoms with van der Waals surface area (Å²) in [6.07, 6.45) is 0. The quantitative estimate of drug-likeness (QED) is 0.626. The van der Waals surface area contributed by atoms with Crippen molar-refractivity contribution >= 4 is 23.4 Å². The topological polar surface area (TPSA) is 134 Å². The Hall–Kier alpha value is -2.98. The van der Waals surface area contributed by atoms with E-state index in [-0.39, 0.29) is 28.7 Å². The van der Waals surface area contributed by atoms with Gasteiger partial charge in [-0.25, -0.2) is 0 Å². The van der Waals surface area contributed by atoms with Crippen LogP contribution in [0.25, 0.3) is 0 Å². The first-order valence-corrected chi connectivity index (χ1v) is 6.71. The Morgan fingerprint density at radius 3 is 2.82 bits per heavy atom. The number of nitriles is 1. The molecule has 0 radical (unpaired) electrons. The first-order chi connectivity index (χ1) is 10.5. The number of anilines is 2. The summed E-state index contributed by atoms with van der Waals surface area (Å²) < 4.78 is 0. The highest BCUT2D eigenvalue weighted by atomic mass is 35.5. The molecule has 0 saturated carbocycles. The highest BCUT2D eigenvalue weighted by molar-refractivity contribution is 6.30. The summed E-state index contributed by atoms with van der Waals surface area (Å²) in [4.78, 5) is 18.8. The van der Waals surface area contributed by atoms with Crippen LogP contribution in [0.15, 0.2) is 40.5 Å². The number of allylic oxidation sites excluding steroid dienone is 1. The number of hydrogen-bond acceptors (Lipinski definition) is 6. The number of benzene rings is 1. The Morgan fingerprint density at radius 2 is 2.14 bits per heavy atom. The fourth-order valence-electron chi connectivity index (χ4n) is 2.50. The molecule has 0 amide bonds. The number of nitrogens with two attached hydrogens (primary N) is 2. The van der Waals surface area contributed by atoms with Gasteiger partial charge in [-0.3, -0.25) is 9.78 Å². The Kier molecular flexibility index (Phi) is 3.23. The summed E-state index contributed by atoms with van der Waals surface area (Å²) in [7, 11) is 0. The molecule has 2 heterocycles. The molecule has 8 heteroatoms. The average molecular weight is 315 g/mol. The van der Waals surface area contributed by atoms with Crippen molar-refractivity contribution in [3.63, 3.8) is 0 Å². The number of nitrogen functional groups attached to an aromatic ring is 1. The number of H-pyrrole nitrogens is 1. The van der Waals surface area contributed by atoms with E-state index in [0.717, 1.165) is 0 Å². The second kappa shape index (κ2) is 5.09. The van der Waals surface area contributed by atoms with Gasteiger partial charge >= 0.3 is 0 Å². The summed E-state index contributed by atoms with van der Waals surface area (Å²) in [6.45, 7) is 0. The van der Waals surface area contributed by atoms with Crippen LogP contribution in [-0.4, -0.2) is 9.97 Å². The molecule has 3 rings (SSSR count). The molecule has 22 heavy (non-hydrogen) atoms. The average Bonchev–Trinajstić information content (AvgIpc) is 2.45. The molecule has 0 bridgehead atoms. The van der Waals surface area contributed by atoms with Crippen LogP contribution in [0.4, 0.5) is 11.8 Å². The lowest BCUT2D eigenvalue weighted by molar-refractivity contribution is 0.884. The molecule has 2 aromatic rings. The van der Waals surface area contributed by atoms with Gasteiger partial charge in [0.05, 0.1) is 23.1 Å². The Labute approximate surface area is 130 Å². The van der Waals surface area contributed by atoms with E-state index in [1.165, 1.54) is 0 Å². The standard InChI is InChI=1S/C14H11ClN6O/c15-7-3-1-2-6(4-7)9-8(5-16)11(17)19-12-10(9)13(22)21-14(18)20-12/h1-4,9H,17H2,(H4,18,19,20,21,22). The maximum Gasteiger partial charge on any atom is 0.258 e. The second-order valence-electron chi connectivity index (χ2n) is 4.77. The van der Waals surface area contributed by atoms with E-state index in [1.807, 2.05) is 6.07 Å². The van der Waals surface area contributed by atoms with Gasteiger partial charge in [-0.15, -0.1) is 0 Å². The monoisotopic (exact) mass is 314 g/mol. The van der Waals surface area contributed by atoms with Crippen LogP contribution in [0.5, 0.6) is 0 Å². The molecule has 0 aliphatic carbocycles. The zero-order chi connectivity index (χ0) is 15.9. The van der Waals surface area contributed by atoms with Crippen molar-refractivity contribution < 1.29 is 0 Å². The number of fused-ring (bicyclic) bond motifs is 1. The van der Waals surface area contributed by atoms with Gasteiger partial charge in [-0.05, 0) is 17.7 Å². The van der Waals surface area contributed by atoms with Crippen molar-refractivity contribution in [1.82, 2.24) is 9.97 Å². The zero-order valence-corrected chi connectivity index (χ0v) is 12.0. The lowest BCUT2D eigenvalue weighted by atomic mass is 9.84. The number of nitrogens with one attached hydrogen (secondary N) is 2. The Morgan fingerprint density at radius 1 is 1.36 bits per heavy atom. The minimum atomic E-state index is -0.656. The fourth-order valence-corrected chi connectivity index (χ4v) is 2.70. The molecular weight excluding hydrogens is 304 g/mol. The van der Waals surface area contributed by atoms with Gasteiger partial charge in [-0.2, -0.15) is 10.2 Å². The smallest absolute Gasteiger partial charge is 0.258 e. The molecule has 0 spiro atoms. The number of nitrogens with zero attached hydrogens (tertiary/aromatic N) is 2. The molecule has 1 aliphatic heterocycles. The first-order valence-electron chi connectivity index (χ1n) is 6.33. The highest BCUT2D eigenvalue weighted by Crippen LogP contribution is 2.38. The predicted octanol–water partition coefficient (Wildman–Crippen LogP) is 1.26. The van der Waals surface area contributed by atoms with E-state index in [1.54, 1.807) is 24.3 Å². The van der Waals surface area contributed by atoms with Gasteiger partial charge in [0.1, 0.15) is 11.6 Å². The van der Waals surface area contributed by atoms with Crippen LogP contribution < -0.4 is 22.3 Å². The van der Waals surface area contributed by atoms with Crippen molar-refractivity contribution in [3.8, 4) is 6.07 Å². The summed E-state index contributed by atoms with van der Waals surface area (Å²) in [6, 6.07) is 8.94. The van der Waals surface area contributed by atoms with E-state index < -0.39 is 11.5 Å². The Bertz CT molecular complexity index is 895. The summed E-state index contributed by atoms with van der Waals surface area (Å²) in [5, 5.41) is 12.7. The van der Waals surface area contributed by atoms with Gasteiger partial charge < -0.3 is 16.8 Å². The van der Waals surface area contributed by atoms with E-state index in [4.69, 9.17) is 23.1 Å². The van der Waals surface area contributed by atoms with Crippen molar-refractivity contribution in [3.05, 3.63) is 62.2 Å². The van der Waals surface area contributed by atoms with Crippen molar-refractivity contribution in [1.29, 1.82) is 5.26 Å². The van der Waals surface area contributed by atoms with E-state index in [0.29, 0.717) is 10.6 Å². The molecule has 1 atom stereocenters. The van der Waals surface area contributed by atoms with Crippen LogP contribution in [0.1, 0.15) is 17.0 Å². The van der Waals surface area contributed by atoms with Crippen molar-refractivity contribution in [2.24, 2.45) is 5.73 Å². The molecule has 7 nitrogen and oxygen atoms in total. The van der Waals surface area contributed by atoms with Crippen molar-refractivity contribution in [2.75, 3.05) is 11.1 Å². The minimum absolute atomic E-state index is 0.0331. The molecule has 1 aliphatic rings. The minimum Gasteiger partial charge on any atom is -0.384 e. The maximum atomic E-state index is 12.3. The Balaban J connectivity index is 2.32. The zero-order valence-electron chi connectivity index (χ0n) is 11.2. The molecule has 110 valence electrons. The third-order valence-corrected chi connectivity index (χ3v) is 3.63. The summed E-state index contributed by atoms with van der Waals surface area (Å²) in [5.41, 5.74) is 12.2. The summed E-state index contributed by atoms with van der Waals surface area (Å²) in [5.74, 6) is -0.314. The molecule has 0 fully saturated rings. The predicted molar refractivity (Wildman–Crippen MR) is 83.0 cm³/mol. The van der Waals surface area contributed by atoms with E-state index in [2.05, 4.69) is 15.3 Å². The van der Waals surface area contributed by atoms with Gasteiger partial charge in [0.15, 0.2) is 0 Å². The summed E-state index contributed by atoms with van der Waals surface area (Å²) >= 11 is 6.02. The molecular formula is C14H11ClN6O. The fraction of sp³-hybridized carbons (Fsp3) is 0.0714. The van der Waals surface area contributed by atoms with E-state index in [9.17, 15) is 10.1 Å². The van der Waals surface area contributed by atoms with Gasteiger partial charge in [-0.1, -0.05) is 23.7 Å². The lowest BCUT2D eigenvalue weighted by Gasteiger charge is -2.26. The second-order valence-corrected chi connectivity index (χ2v) is 5.20.